The highest BCUT2D eigenvalue weighted by atomic mass is 16.6. The Morgan fingerprint density at radius 2 is 1.89 bits per heavy atom. The lowest BCUT2D eigenvalue weighted by Gasteiger charge is -2.28. The first-order valence-corrected chi connectivity index (χ1v) is 9.81. The fraction of sp³-hybridized carbons (Fsp3) is 0.409. The molecule has 2 aromatic carbocycles. The quantitative estimate of drug-likeness (QED) is 0.839. The number of nitrogens with zero attached hydrogens (tertiary/aromatic N) is 2. The van der Waals surface area contributed by atoms with E-state index in [0.717, 1.165) is 49.5 Å². The van der Waals surface area contributed by atoms with Gasteiger partial charge in [0.15, 0.2) is 11.5 Å². The van der Waals surface area contributed by atoms with Gasteiger partial charge in [-0.1, -0.05) is 24.3 Å². The van der Waals surface area contributed by atoms with E-state index in [1.807, 2.05) is 23.1 Å². The number of anilines is 1. The van der Waals surface area contributed by atoms with Crippen LogP contribution in [0.4, 0.5) is 5.69 Å². The highest BCUT2D eigenvalue weighted by Crippen LogP contribution is 2.38. The minimum atomic E-state index is 0.199. The van der Waals surface area contributed by atoms with Crippen molar-refractivity contribution in [2.75, 3.05) is 37.7 Å². The predicted molar refractivity (Wildman–Crippen MR) is 103 cm³/mol. The molecular weight excluding hydrogens is 340 g/mol. The number of rotatable bonds is 3. The molecule has 0 aliphatic carbocycles. The van der Waals surface area contributed by atoms with Gasteiger partial charge in [0.2, 0.25) is 5.91 Å². The van der Waals surface area contributed by atoms with Crippen LogP contribution in [0.15, 0.2) is 42.5 Å². The molecular formula is C22H24N2O3. The summed E-state index contributed by atoms with van der Waals surface area (Å²) in [7, 11) is 0. The molecule has 1 saturated heterocycles. The van der Waals surface area contributed by atoms with Crippen LogP contribution in [0.3, 0.4) is 0 Å². The minimum Gasteiger partial charge on any atom is -0.486 e. The van der Waals surface area contributed by atoms with Crippen molar-refractivity contribution in [3.8, 4) is 11.5 Å². The maximum atomic E-state index is 13.0. The molecule has 0 unspecified atom stereocenters. The molecule has 2 aromatic rings. The van der Waals surface area contributed by atoms with Gasteiger partial charge >= 0.3 is 0 Å². The molecule has 5 rings (SSSR count). The Hall–Kier alpha value is -2.53. The Bertz CT molecular complexity index is 866. The highest BCUT2D eigenvalue weighted by Gasteiger charge is 2.32. The minimum absolute atomic E-state index is 0.199. The Morgan fingerprint density at radius 1 is 1.04 bits per heavy atom. The number of fused-ring (bicyclic) bond motifs is 2. The average Bonchev–Trinajstić information content (AvgIpc) is 3.34. The third-order valence-corrected chi connectivity index (χ3v) is 5.84. The monoisotopic (exact) mass is 364 g/mol. The summed E-state index contributed by atoms with van der Waals surface area (Å²) in [5.41, 5.74) is 3.57. The van der Waals surface area contributed by atoms with Crippen LogP contribution in [-0.4, -0.2) is 43.7 Å². The number of carbonyl (C=O) groups excluding carboxylic acids is 1. The Labute approximate surface area is 159 Å². The molecule has 0 saturated carbocycles. The Morgan fingerprint density at radius 3 is 2.81 bits per heavy atom. The Kier molecular flexibility index (Phi) is 4.24. The van der Waals surface area contributed by atoms with E-state index in [9.17, 15) is 4.79 Å². The largest absolute Gasteiger partial charge is 0.486 e. The molecule has 3 aliphatic rings. The van der Waals surface area contributed by atoms with Gasteiger partial charge in [0.05, 0.1) is 6.54 Å². The van der Waals surface area contributed by atoms with Crippen LogP contribution in [0.5, 0.6) is 11.5 Å². The third-order valence-electron chi connectivity index (χ3n) is 5.84. The van der Waals surface area contributed by atoms with Gasteiger partial charge in [0, 0.05) is 18.3 Å². The SMILES string of the molecule is O=C(CN1CCC[C@@H]1c1ccc2c(c1)OCCO2)N1CCc2ccccc21. The lowest BCUT2D eigenvalue weighted by atomic mass is 10.0. The van der Waals surface area contributed by atoms with E-state index in [2.05, 4.69) is 29.2 Å². The molecule has 27 heavy (non-hydrogen) atoms. The van der Waals surface area contributed by atoms with Gasteiger partial charge in [0.1, 0.15) is 13.2 Å². The molecule has 0 aromatic heterocycles. The lowest BCUT2D eigenvalue weighted by Crippen LogP contribution is -2.39. The van der Waals surface area contributed by atoms with Gasteiger partial charge in [-0.15, -0.1) is 0 Å². The summed E-state index contributed by atoms with van der Waals surface area (Å²) in [5.74, 6) is 1.84. The second kappa shape index (κ2) is 6.89. The number of ether oxygens (including phenoxy) is 2. The summed E-state index contributed by atoms with van der Waals surface area (Å²) >= 11 is 0. The maximum Gasteiger partial charge on any atom is 0.241 e. The molecule has 0 bridgehead atoms. The van der Waals surface area contributed by atoms with Gasteiger partial charge in [-0.3, -0.25) is 9.69 Å². The van der Waals surface area contributed by atoms with Crippen LogP contribution >= 0.6 is 0 Å². The van der Waals surface area contributed by atoms with Crippen LogP contribution in [-0.2, 0) is 11.2 Å². The summed E-state index contributed by atoms with van der Waals surface area (Å²) in [4.78, 5) is 17.3. The zero-order valence-corrected chi connectivity index (χ0v) is 15.4. The highest BCUT2D eigenvalue weighted by molar-refractivity contribution is 5.96. The number of amides is 1. The van der Waals surface area contributed by atoms with Gasteiger partial charge in [0.25, 0.3) is 0 Å². The molecule has 3 aliphatic heterocycles. The molecule has 5 nitrogen and oxygen atoms in total. The molecule has 3 heterocycles. The lowest BCUT2D eigenvalue weighted by molar-refractivity contribution is -0.119. The van der Waals surface area contributed by atoms with Crippen molar-refractivity contribution in [2.24, 2.45) is 0 Å². The zero-order valence-electron chi connectivity index (χ0n) is 15.4. The first kappa shape index (κ1) is 16.6. The number of benzene rings is 2. The summed E-state index contributed by atoms with van der Waals surface area (Å²) in [6, 6.07) is 14.7. The van der Waals surface area contributed by atoms with E-state index >= 15 is 0 Å². The Balaban J connectivity index is 1.33. The first-order chi connectivity index (χ1) is 13.3. The summed E-state index contributed by atoms with van der Waals surface area (Å²) < 4.78 is 11.4. The standard InChI is InChI=1S/C22H24N2O3/c25-22(24-11-9-16-4-1-2-5-19(16)24)15-23-10-3-6-18(23)17-7-8-20-21(14-17)27-13-12-26-20/h1-2,4-5,7-8,14,18H,3,6,9-13,15H2/t18-/m1/s1. The molecule has 1 atom stereocenters. The smallest absolute Gasteiger partial charge is 0.241 e. The van der Waals surface area contributed by atoms with E-state index < -0.39 is 0 Å². The van der Waals surface area contributed by atoms with Gasteiger partial charge in [-0.05, 0) is 55.1 Å². The number of hydrogen-bond donors (Lipinski definition) is 0. The maximum absolute atomic E-state index is 13.0. The van der Waals surface area contributed by atoms with Gasteiger partial charge in [-0.25, -0.2) is 0 Å². The van der Waals surface area contributed by atoms with E-state index in [0.29, 0.717) is 19.8 Å². The normalized spacial score (nSPS) is 21.3. The number of likely N-dealkylation sites (tertiary alicyclic amines) is 1. The molecule has 0 N–H and O–H groups in total. The van der Waals surface area contributed by atoms with Gasteiger partial charge < -0.3 is 14.4 Å². The summed E-state index contributed by atoms with van der Waals surface area (Å²) in [5, 5.41) is 0. The second-order valence-electron chi connectivity index (χ2n) is 7.46. The van der Waals surface area contributed by atoms with Crippen molar-refractivity contribution in [1.29, 1.82) is 0 Å². The van der Waals surface area contributed by atoms with E-state index in [4.69, 9.17) is 9.47 Å². The topological polar surface area (TPSA) is 42.0 Å². The van der Waals surface area contributed by atoms with E-state index in [-0.39, 0.29) is 11.9 Å². The predicted octanol–water partition coefficient (Wildman–Crippen LogP) is 3.18. The molecule has 0 radical (unpaired) electrons. The molecule has 0 spiro atoms. The third kappa shape index (κ3) is 3.06. The van der Waals surface area contributed by atoms with Crippen LogP contribution < -0.4 is 14.4 Å². The van der Waals surface area contributed by atoms with E-state index in [1.165, 1.54) is 11.1 Å². The summed E-state index contributed by atoms with van der Waals surface area (Å²) in [6.45, 7) is 3.42. The second-order valence-corrected chi connectivity index (χ2v) is 7.46. The zero-order chi connectivity index (χ0) is 18.2. The molecule has 1 amide bonds. The van der Waals surface area contributed by atoms with Crippen LogP contribution in [0.1, 0.15) is 30.0 Å². The van der Waals surface area contributed by atoms with Crippen LogP contribution in [0.2, 0.25) is 0 Å². The number of carbonyl (C=O) groups is 1. The van der Waals surface area contributed by atoms with Crippen molar-refractivity contribution in [2.45, 2.75) is 25.3 Å². The van der Waals surface area contributed by atoms with Crippen LogP contribution in [0, 0.1) is 0 Å². The van der Waals surface area contributed by atoms with Crippen molar-refractivity contribution in [3.63, 3.8) is 0 Å². The van der Waals surface area contributed by atoms with Crippen molar-refractivity contribution >= 4 is 11.6 Å². The fourth-order valence-electron chi connectivity index (χ4n) is 4.52. The van der Waals surface area contributed by atoms with Crippen molar-refractivity contribution in [1.82, 2.24) is 4.90 Å². The number of hydrogen-bond acceptors (Lipinski definition) is 4. The van der Waals surface area contributed by atoms with Crippen molar-refractivity contribution < 1.29 is 14.3 Å². The number of para-hydroxylation sites is 1. The van der Waals surface area contributed by atoms with Crippen molar-refractivity contribution in [3.05, 3.63) is 53.6 Å². The van der Waals surface area contributed by atoms with Crippen LogP contribution in [0.25, 0.3) is 0 Å². The van der Waals surface area contributed by atoms with Gasteiger partial charge in [-0.2, -0.15) is 0 Å². The molecule has 5 heteroatoms. The molecule has 140 valence electrons. The first-order valence-electron chi connectivity index (χ1n) is 9.81. The molecule has 1 fully saturated rings. The fourth-order valence-corrected chi connectivity index (χ4v) is 4.52. The van der Waals surface area contributed by atoms with E-state index in [1.54, 1.807) is 0 Å². The average molecular weight is 364 g/mol. The summed E-state index contributed by atoms with van der Waals surface area (Å²) in [6.07, 6.45) is 3.14.